The third kappa shape index (κ3) is 22.5. The molecule has 0 atom stereocenters. The number of carbonyl (C=O) groups is 1. The first kappa shape index (κ1) is 15.8. The van der Waals surface area contributed by atoms with Crippen molar-refractivity contribution >= 4 is 5.97 Å². The van der Waals surface area contributed by atoms with Crippen molar-refractivity contribution in [3.63, 3.8) is 0 Å². The zero-order valence-corrected chi connectivity index (χ0v) is 9.07. The average molecular weight is 206 g/mol. The van der Waals surface area contributed by atoms with E-state index in [1.807, 2.05) is 0 Å². The van der Waals surface area contributed by atoms with Crippen LogP contribution in [0.25, 0.3) is 0 Å². The molecule has 0 spiro atoms. The lowest BCUT2D eigenvalue weighted by atomic mass is 10.1. The summed E-state index contributed by atoms with van der Waals surface area (Å²) in [6.07, 6.45) is 3.34. The molecule has 4 nitrogen and oxygen atoms in total. The molecule has 14 heavy (non-hydrogen) atoms. The van der Waals surface area contributed by atoms with E-state index in [1.165, 1.54) is 0 Å². The normalized spacial score (nSPS) is 9.50. The number of aliphatic carboxylic acids is 1. The Kier molecular flexibility index (Phi) is 14.0. The van der Waals surface area contributed by atoms with Gasteiger partial charge in [0.15, 0.2) is 0 Å². The number of hydrogen-bond donors (Lipinski definition) is 3. The third-order valence-corrected chi connectivity index (χ3v) is 1.52. The Morgan fingerprint density at radius 2 is 1.64 bits per heavy atom. The van der Waals surface area contributed by atoms with E-state index in [1.54, 1.807) is 0 Å². The van der Waals surface area contributed by atoms with Gasteiger partial charge in [0, 0.05) is 6.42 Å². The van der Waals surface area contributed by atoms with Gasteiger partial charge < -0.3 is 15.3 Å². The van der Waals surface area contributed by atoms with Gasteiger partial charge in [-0.15, -0.1) is 0 Å². The molecule has 0 heterocycles. The molecule has 0 unspecified atom stereocenters. The molecule has 0 saturated heterocycles. The van der Waals surface area contributed by atoms with Crippen molar-refractivity contribution in [1.82, 2.24) is 0 Å². The van der Waals surface area contributed by atoms with Gasteiger partial charge in [0.25, 0.3) is 0 Å². The maximum atomic E-state index is 10.0. The van der Waals surface area contributed by atoms with Gasteiger partial charge in [-0.3, -0.25) is 4.79 Å². The summed E-state index contributed by atoms with van der Waals surface area (Å²) in [5.74, 6) is 0.0255. The molecule has 0 aromatic rings. The molecule has 3 N–H and O–H groups in total. The monoisotopic (exact) mass is 206 g/mol. The van der Waals surface area contributed by atoms with Crippen molar-refractivity contribution in [3.8, 4) is 0 Å². The number of hydrogen-bond acceptors (Lipinski definition) is 3. The molecule has 0 fully saturated rings. The van der Waals surface area contributed by atoms with E-state index in [9.17, 15) is 4.79 Å². The summed E-state index contributed by atoms with van der Waals surface area (Å²) >= 11 is 0. The second-order valence-corrected chi connectivity index (χ2v) is 3.48. The van der Waals surface area contributed by atoms with E-state index in [0.717, 1.165) is 19.3 Å². The summed E-state index contributed by atoms with van der Waals surface area (Å²) in [7, 11) is 0. The molecule has 0 aliphatic carbocycles. The minimum Gasteiger partial charge on any atom is -0.481 e. The van der Waals surface area contributed by atoms with Gasteiger partial charge in [0.2, 0.25) is 0 Å². The summed E-state index contributed by atoms with van der Waals surface area (Å²) in [6.45, 7) is 4.06. The predicted octanol–water partition coefficient (Wildman–Crippen LogP) is 1.26. The predicted molar refractivity (Wildman–Crippen MR) is 55.1 cm³/mol. The summed E-state index contributed by atoms with van der Waals surface area (Å²) in [5, 5.41) is 23.5. The Morgan fingerprint density at radius 3 is 1.93 bits per heavy atom. The fourth-order valence-corrected chi connectivity index (χ4v) is 0.829. The zero-order chi connectivity index (χ0) is 11.4. The summed E-state index contributed by atoms with van der Waals surface area (Å²) in [6, 6.07) is 0. The second kappa shape index (κ2) is 12.4. The summed E-state index contributed by atoms with van der Waals surface area (Å²) in [5.41, 5.74) is 0. The minimum atomic E-state index is -0.677. The van der Waals surface area contributed by atoms with Crippen LogP contribution in [0.3, 0.4) is 0 Å². The van der Waals surface area contributed by atoms with Gasteiger partial charge in [-0.05, 0) is 12.3 Å². The molecule has 0 saturated carbocycles. The van der Waals surface area contributed by atoms with Gasteiger partial charge in [0.05, 0.1) is 13.2 Å². The number of rotatable bonds is 6. The largest absolute Gasteiger partial charge is 0.481 e. The molecular weight excluding hydrogens is 184 g/mol. The van der Waals surface area contributed by atoms with Crippen LogP contribution in [-0.4, -0.2) is 34.5 Å². The fourth-order valence-electron chi connectivity index (χ4n) is 0.829. The van der Waals surface area contributed by atoms with E-state index in [-0.39, 0.29) is 13.2 Å². The van der Waals surface area contributed by atoms with E-state index in [0.29, 0.717) is 12.3 Å². The molecule has 0 amide bonds. The van der Waals surface area contributed by atoms with Crippen molar-refractivity contribution in [1.29, 1.82) is 0 Å². The van der Waals surface area contributed by atoms with Crippen LogP contribution >= 0.6 is 0 Å². The van der Waals surface area contributed by atoms with E-state index in [2.05, 4.69) is 13.8 Å². The standard InChI is InChI=1S/C8H16O2.C2H6O2/c1-7(2)5-3-4-6-8(9)10;3-1-2-4/h7H,3-6H2,1-2H3,(H,9,10);3-4H,1-2H2. The summed E-state index contributed by atoms with van der Waals surface area (Å²) < 4.78 is 0. The van der Waals surface area contributed by atoms with Crippen LogP contribution < -0.4 is 0 Å². The number of aliphatic hydroxyl groups is 2. The van der Waals surface area contributed by atoms with Gasteiger partial charge in [0.1, 0.15) is 0 Å². The molecule has 4 heteroatoms. The zero-order valence-electron chi connectivity index (χ0n) is 9.07. The Morgan fingerprint density at radius 1 is 1.14 bits per heavy atom. The number of carboxylic acids is 1. The van der Waals surface area contributed by atoms with Crippen molar-refractivity contribution in [3.05, 3.63) is 0 Å². The fraction of sp³-hybridized carbons (Fsp3) is 0.900. The van der Waals surface area contributed by atoms with Crippen LogP contribution in [0.4, 0.5) is 0 Å². The Balaban J connectivity index is 0. The van der Waals surface area contributed by atoms with Gasteiger partial charge in [-0.1, -0.05) is 26.7 Å². The molecule has 0 aliphatic rings. The van der Waals surface area contributed by atoms with Crippen LogP contribution in [0, 0.1) is 5.92 Å². The van der Waals surface area contributed by atoms with Crippen LogP contribution in [0.5, 0.6) is 0 Å². The number of aliphatic hydroxyl groups excluding tert-OH is 2. The van der Waals surface area contributed by atoms with Crippen LogP contribution in [0.2, 0.25) is 0 Å². The van der Waals surface area contributed by atoms with Crippen LogP contribution in [-0.2, 0) is 4.79 Å². The van der Waals surface area contributed by atoms with E-state index < -0.39 is 5.97 Å². The lowest BCUT2D eigenvalue weighted by Gasteiger charge is -2.01. The van der Waals surface area contributed by atoms with Crippen LogP contribution in [0.1, 0.15) is 39.5 Å². The highest BCUT2D eigenvalue weighted by atomic mass is 16.4. The first-order chi connectivity index (χ1) is 6.54. The molecular formula is C10H22O4. The molecule has 0 bridgehead atoms. The number of carboxylic acid groups (broad SMARTS) is 1. The van der Waals surface area contributed by atoms with Gasteiger partial charge >= 0.3 is 5.97 Å². The quantitative estimate of drug-likeness (QED) is 0.572. The van der Waals surface area contributed by atoms with Gasteiger partial charge in [-0.25, -0.2) is 0 Å². The Hall–Kier alpha value is -0.610. The van der Waals surface area contributed by atoms with Crippen molar-refractivity contribution in [2.75, 3.05) is 13.2 Å². The minimum absolute atomic E-state index is 0.125. The highest BCUT2D eigenvalue weighted by Gasteiger charge is 1.97. The van der Waals surface area contributed by atoms with Crippen LogP contribution in [0.15, 0.2) is 0 Å². The van der Waals surface area contributed by atoms with Gasteiger partial charge in [-0.2, -0.15) is 0 Å². The first-order valence-corrected chi connectivity index (χ1v) is 4.98. The second-order valence-electron chi connectivity index (χ2n) is 3.48. The summed E-state index contributed by atoms with van der Waals surface area (Å²) in [4.78, 5) is 10.0. The Bertz CT molecular complexity index is 121. The molecule has 0 aromatic heterocycles. The lowest BCUT2D eigenvalue weighted by Crippen LogP contribution is -1.94. The molecule has 0 rings (SSSR count). The number of unbranched alkanes of at least 4 members (excludes halogenated alkanes) is 1. The average Bonchev–Trinajstić information content (AvgIpc) is 2.12. The smallest absolute Gasteiger partial charge is 0.303 e. The molecule has 0 aromatic carbocycles. The van der Waals surface area contributed by atoms with E-state index in [4.69, 9.17) is 15.3 Å². The maximum absolute atomic E-state index is 10.0. The van der Waals surface area contributed by atoms with E-state index >= 15 is 0 Å². The highest BCUT2D eigenvalue weighted by molar-refractivity contribution is 5.66. The SMILES string of the molecule is CC(C)CCCCC(=O)O.OCCO. The van der Waals surface area contributed by atoms with Crippen molar-refractivity contribution in [2.45, 2.75) is 39.5 Å². The Labute approximate surface area is 85.6 Å². The molecule has 0 aliphatic heterocycles. The lowest BCUT2D eigenvalue weighted by molar-refractivity contribution is -0.137. The first-order valence-electron chi connectivity index (χ1n) is 4.98. The highest BCUT2D eigenvalue weighted by Crippen LogP contribution is 2.07. The van der Waals surface area contributed by atoms with Crippen molar-refractivity contribution in [2.24, 2.45) is 5.92 Å². The molecule has 0 radical (unpaired) electrons. The van der Waals surface area contributed by atoms with Crippen molar-refractivity contribution < 1.29 is 20.1 Å². The third-order valence-electron chi connectivity index (χ3n) is 1.52. The molecule has 86 valence electrons. The maximum Gasteiger partial charge on any atom is 0.303 e. The topological polar surface area (TPSA) is 77.8 Å².